The molecular weight excluding hydrogens is 266 g/mol. The molecular formula is C16H27N3O2. The molecule has 1 unspecified atom stereocenters. The lowest BCUT2D eigenvalue weighted by molar-refractivity contribution is -0.384. The standard InChI is InChI=1S/C16H27N3O2/c1-5-11-17-16-14(9-8-10-15(16)19(20)21)12-18(7-3)13(4)6-2/h8-10,13,17H,5-7,11-12H2,1-4H3. The summed E-state index contributed by atoms with van der Waals surface area (Å²) >= 11 is 0. The molecule has 1 aromatic rings. The van der Waals surface area contributed by atoms with E-state index in [4.69, 9.17) is 0 Å². The number of rotatable bonds is 9. The highest BCUT2D eigenvalue weighted by atomic mass is 16.6. The highest BCUT2D eigenvalue weighted by Gasteiger charge is 2.19. The number of nitro groups is 1. The largest absolute Gasteiger partial charge is 0.379 e. The van der Waals surface area contributed by atoms with Crippen molar-refractivity contribution >= 4 is 11.4 Å². The molecule has 0 amide bonds. The molecule has 0 aromatic heterocycles. The summed E-state index contributed by atoms with van der Waals surface area (Å²) in [5, 5.41) is 14.5. The molecule has 0 saturated carbocycles. The van der Waals surface area contributed by atoms with Crippen LogP contribution in [0, 0.1) is 10.1 Å². The Kier molecular flexibility index (Phi) is 7.15. The molecule has 0 saturated heterocycles. The lowest BCUT2D eigenvalue weighted by Crippen LogP contribution is -2.32. The van der Waals surface area contributed by atoms with Gasteiger partial charge in [0.1, 0.15) is 5.69 Å². The Bertz CT molecular complexity index is 463. The van der Waals surface area contributed by atoms with Crippen molar-refractivity contribution < 1.29 is 4.92 Å². The highest BCUT2D eigenvalue weighted by molar-refractivity contribution is 5.66. The molecule has 5 heteroatoms. The molecule has 0 aliphatic heterocycles. The van der Waals surface area contributed by atoms with Gasteiger partial charge in [0.25, 0.3) is 5.69 Å². The maximum Gasteiger partial charge on any atom is 0.292 e. The fourth-order valence-electron chi connectivity index (χ4n) is 2.38. The third-order valence-electron chi connectivity index (χ3n) is 3.87. The fourth-order valence-corrected chi connectivity index (χ4v) is 2.38. The smallest absolute Gasteiger partial charge is 0.292 e. The van der Waals surface area contributed by atoms with E-state index in [1.165, 1.54) is 0 Å². The molecule has 0 spiro atoms. The van der Waals surface area contributed by atoms with Crippen LogP contribution in [0.1, 0.15) is 46.1 Å². The molecule has 0 fully saturated rings. The lowest BCUT2D eigenvalue weighted by Gasteiger charge is -2.27. The molecule has 0 aliphatic rings. The van der Waals surface area contributed by atoms with Crippen molar-refractivity contribution in [2.75, 3.05) is 18.4 Å². The molecule has 118 valence electrons. The van der Waals surface area contributed by atoms with Crippen molar-refractivity contribution in [3.8, 4) is 0 Å². The van der Waals surface area contributed by atoms with Crippen LogP contribution in [0.4, 0.5) is 11.4 Å². The summed E-state index contributed by atoms with van der Waals surface area (Å²) in [7, 11) is 0. The van der Waals surface area contributed by atoms with Crippen molar-refractivity contribution in [1.82, 2.24) is 4.90 Å². The SMILES string of the molecule is CCCNc1c(CN(CC)C(C)CC)cccc1[N+](=O)[O-]. The van der Waals surface area contributed by atoms with Crippen molar-refractivity contribution in [2.45, 2.75) is 53.1 Å². The van der Waals surface area contributed by atoms with E-state index in [0.29, 0.717) is 11.7 Å². The van der Waals surface area contributed by atoms with Crippen LogP contribution in [0.15, 0.2) is 18.2 Å². The first-order valence-corrected chi connectivity index (χ1v) is 7.79. The van der Waals surface area contributed by atoms with Gasteiger partial charge in [-0.15, -0.1) is 0 Å². The number of nitro benzene ring substituents is 1. The molecule has 0 radical (unpaired) electrons. The highest BCUT2D eigenvalue weighted by Crippen LogP contribution is 2.29. The summed E-state index contributed by atoms with van der Waals surface area (Å²) in [6.45, 7) is 11.0. The predicted octanol–water partition coefficient (Wildman–Crippen LogP) is 4.04. The van der Waals surface area contributed by atoms with E-state index in [0.717, 1.165) is 38.0 Å². The van der Waals surface area contributed by atoms with Crippen LogP contribution < -0.4 is 5.32 Å². The Labute approximate surface area is 127 Å². The number of para-hydroxylation sites is 1. The van der Waals surface area contributed by atoms with E-state index in [2.05, 4.69) is 37.9 Å². The molecule has 21 heavy (non-hydrogen) atoms. The topological polar surface area (TPSA) is 58.4 Å². The molecule has 1 aromatic carbocycles. The minimum atomic E-state index is -0.305. The number of anilines is 1. The first-order valence-electron chi connectivity index (χ1n) is 7.79. The van der Waals surface area contributed by atoms with Gasteiger partial charge >= 0.3 is 0 Å². The molecule has 5 nitrogen and oxygen atoms in total. The monoisotopic (exact) mass is 293 g/mol. The third kappa shape index (κ3) is 4.70. The summed E-state index contributed by atoms with van der Waals surface area (Å²) in [6, 6.07) is 5.79. The second-order valence-corrected chi connectivity index (χ2v) is 5.32. The van der Waals surface area contributed by atoms with Gasteiger partial charge in [0.05, 0.1) is 4.92 Å². The van der Waals surface area contributed by atoms with Gasteiger partial charge in [0.2, 0.25) is 0 Å². The third-order valence-corrected chi connectivity index (χ3v) is 3.87. The Hall–Kier alpha value is -1.62. The Morgan fingerprint density at radius 3 is 2.57 bits per heavy atom. The van der Waals surface area contributed by atoms with E-state index < -0.39 is 0 Å². The molecule has 0 aliphatic carbocycles. The van der Waals surface area contributed by atoms with E-state index >= 15 is 0 Å². The van der Waals surface area contributed by atoms with Crippen molar-refractivity contribution in [3.63, 3.8) is 0 Å². The summed E-state index contributed by atoms with van der Waals surface area (Å²) in [4.78, 5) is 13.3. The van der Waals surface area contributed by atoms with Gasteiger partial charge in [-0.25, -0.2) is 0 Å². The van der Waals surface area contributed by atoms with E-state index in [9.17, 15) is 10.1 Å². The van der Waals surface area contributed by atoms with Crippen LogP contribution in [0.25, 0.3) is 0 Å². The van der Waals surface area contributed by atoms with Crippen LogP contribution in [0.2, 0.25) is 0 Å². The first-order chi connectivity index (χ1) is 10.0. The second kappa shape index (κ2) is 8.62. The molecule has 1 atom stereocenters. The normalized spacial score (nSPS) is 12.4. The van der Waals surface area contributed by atoms with Crippen LogP contribution in [0.3, 0.4) is 0 Å². The number of hydrogen-bond acceptors (Lipinski definition) is 4. The Balaban J connectivity index is 3.09. The van der Waals surface area contributed by atoms with Gasteiger partial charge < -0.3 is 5.32 Å². The zero-order chi connectivity index (χ0) is 15.8. The summed E-state index contributed by atoms with van der Waals surface area (Å²) in [5.41, 5.74) is 1.84. The zero-order valence-corrected chi connectivity index (χ0v) is 13.6. The van der Waals surface area contributed by atoms with E-state index in [-0.39, 0.29) is 10.6 Å². The van der Waals surface area contributed by atoms with E-state index in [1.807, 2.05) is 6.07 Å². The fraction of sp³-hybridized carbons (Fsp3) is 0.625. The van der Waals surface area contributed by atoms with Gasteiger partial charge in [-0.2, -0.15) is 0 Å². The second-order valence-electron chi connectivity index (χ2n) is 5.32. The van der Waals surface area contributed by atoms with Gasteiger partial charge in [0.15, 0.2) is 0 Å². The van der Waals surface area contributed by atoms with Crippen molar-refractivity contribution in [2.24, 2.45) is 0 Å². The number of nitrogens with zero attached hydrogens (tertiary/aromatic N) is 2. The number of benzene rings is 1. The van der Waals surface area contributed by atoms with Crippen LogP contribution in [-0.4, -0.2) is 29.0 Å². The lowest BCUT2D eigenvalue weighted by atomic mass is 10.1. The molecule has 1 rings (SSSR count). The van der Waals surface area contributed by atoms with Gasteiger partial charge in [-0.05, 0) is 31.9 Å². The summed E-state index contributed by atoms with van der Waals surface area (Å²) < 4.78 is 0. The van der Waals surface area contributed by atoms with Crippen LogP contribution >= 0.6 is 0 Å². The number of hydrogen-bond donors (Lipinski definition) is 1. The Morgan fingerprint density at radius 2 is 2.05 bits per heavy atom. The Morgan fingerprint density at radius 1 is 1.33 bits per heavy atom. The zero-order valence-electron chi connectivity index (χ0n) is 13.6. The minimum Gasteiger partial charge on any atom is -0.379 e. The minimum absolute atomic E-state index is 0.168. The first kappa shape index (κ1) is 17.4. The summed E-state index contributed by atoms with van der Waals surface area (Å²) in [6.07, 6.45) is 2.01. The van der Waals surface area contributed by atoms with Crippen molar-refractivity contribution in [3.05, 3.63) is 33.9 Å². The molecule has 1 N–H and O–H groups in total. The summed E-state index contributed by atoms with van der Waals surface area (Å²) in [5.74, 6) is 0. The number of nitrogens with one attached hydrogen (secondary N) is 1. The molecule has 0 bridgehead atoms. The maximum absolute atomic E-state index is 11.2. The van der Waals surface area contributed by atoms with Crippen molar-refractivity contribution in [1.29, 1.82) is 0 Å². The van der Waals surface area contributed by atoms with E-state index in [1.54, 1.807) is 12.1 Å². The average molecular weight is 293 g/mol. The van der Waals surface area contributed by atoms with Gasteiger partial charge in [-0.3, -0.25) is 15.0 Å². The van der Waals surface area contributed by atoms with Crippen LogP contribution in [0.5, 0.6) is 0 Å². The van der Waals surface area contributed by atoms with Gasteiger partial charge in [0, 0.05) is 25.2 Å². The molecule has 0 heterocycles. The average Bonchev–Trinajstić information content (AvgIpc) is 2.49. The maximum atomic E-state index is 11.2. The van der Waals surface area contributed by atoms with Crippen LogP contribution in [-0.2, 0) is 6.54 Å². The predicted molar refractivity (Wildman–Crippen MR) is 87.7 cm³/mol. The van der Waals surface area contributed by atoms with Gasteiger partial charge in [-0.1, -0.05) is 32.9 Å². The quantitative estimate of drug-likeness (QED) is 0.551.